The number of ether oxygens (including phenoxy) is 1. The van der Waals surface area contributed by atoms with Gasteiger partial charge in [-0.3, -0.25) is 4.79 Å². The Kier molecular flexibility index (Phi) is 6.35. The number of benzene rings is 1. The lowest BCUT2D eigenvalue weighted by Gasteiger charge is -2.10. The molecule has 0 unspecified atom stereocenters. The molecule has 0 saturated heterocycles. The number of rotatable bonds is 7. The van der Waals surface area contributed by atoms with Crippen molar-refractivity contribution in [3.63, 3.8) is 0 Å². The van der Waals surface area contributed by atoms with Crippen molar-refractivity contribution in [3.05, 3.63) is 59.4 Å². The van der Waals surface area contributed by atoms with Crippen LogP contribution >= 0.6 is 0 Å². The predicted octanol–water partition coefficient (Wildman–Crippen LogP) is 2.43. The quantitative estimate of drug-likeness (QED) is 0.444. The largest absolute Gasteiger partial charge is 0.454 e. The molecule has 0 aliphatic heterocycles. The van der Waals surface area contributed by atoms with E-state index < -0.39 is 16.0 Å². The topological polar surface area (TPSA) is 108 Å². The highest BCUT2D eigenvalue weighted by Gasteiger charge is 2.18. The summed E-state index contributed by atoms with van der Waals surface area (Å²) in [5.74, 6) is -0.869. The summed E-state index contributed by atoms with van der Waals surface area (Å²) in [5, 5.41) is 5.11. The van der Waals surface area contributed by atoms with Gasteiger partial charge in [0.1, 0.15) is 0 Å². The molecule has 0 bridgehead atoms. The van der Waals surface area contributed by atoms with E-state index in [1.165, 1.54) is 18.2 Å². The van der Waals surface area contributed by atoms with Crippen molar-refractivity contribution in [2.75, 3.05) is 6.61 Å². The lowest BCUT2D eigenvalue weighted by atomic mass is 10.1. The number of allylic oxidation sites excluding steroid dienone is 1. The molecule has 0 spiro atoms. The van der Waals surface area contributed by atoms with Crippen molar-refractivity contribution in [2.45, 2.75) is 32.1 Å². The first-order valence-corrected chi connectivity index (χ1v) is 9.88. The van der Waals surface area contributed by atoms with Crippen LogP contribution in [0.1, 0.15) is 35.1 Å². The summed E-state index contributed by atoms with van der Waals surface area (Å²) < 4.78 is 29.5. The van der Waals surface area contributed by atoms with E-state index in [2.05, 4.69) is 0 Å². The maximum absolute atomic E-state index is 12.4. The fourth-order valence-electron chi connectivity index (χ4n) is 2.70. The molecule has 0 amide bonds. The van der Waals surface area contributed by atoms with Crippen LogP contribution in [0, 0.1) is 13.8 Å². The van der Waals surface area contributed by atoms with Gasteiger partial charge in [-0.15, -0.1) is 0 Å². The van der Waals surface area contributed by atoms with Crippen molar-refractivity contribution in [2.24, 2.45) is 5.14 Å². The predicted molar refractivity (Wildman–Crippen MR) is 101 cm³/mol. The van der Waals surface area contributed by atoms with Crippen LogP contribution in [-0.4, -0.2) is 31.3 Å². The number of aromatic nitrogens is 1. The zero-order valence-corrected chi connectivity index (χ0v) is 16.2. The molecule has 1 aromatic heterocycles. The van der Waals surface area contributed by atoms with E-state index in [1.807, 2.05) is 18.4 Å². The third-order valence-electron chi connectivity index (χ3n) is 3.99. The molecule has 1 heterocycles. The van der Waals surface area contributed by atoms with Crippen LogP contribution in [0.2, 0.25) is 0 Å². The molecular weight excluding hydrogens is 368 g/mol. The standard InChI is InChI=1S/C19H22N2O5S/c1-4-5-6-19(23)26-12-18(22)17-11-13(2)21(14(17)3)15-7-9-16(10-8-15)27(20,24)25/h5-11H,4,12H2,1-3H3,(H2,20,24,25)/b6-5+. The fourth-order valence-corrected chi connectivity index (χ4v) is 3.22. The Balaban J connectivity index is 2.25. The van der Waals surface area contributed by atoms with E-state index in [0.717, 1.165) is 5.69 Å². The number of Topliss-reactive ketones (excluding diaryl/α,β-unsaturated/α-hetero) is 1. The van der Waals surface area contributed by atoms with Crippen molar-refractivity contribution in [3.8, 4) is 5.69 Å². The van der Waals surface area contributed by atoms with Crippen molar-refractivity contribution in [1.82, 2.24) is 4.57 Å². The number of carbonyl (C=O) groups is 2. The van der Waals surface area contributed by atoms with Crippen LogP contribution in [0.25, 0.3) is 5.69 Å². The summed E-state index contributed by atoms with van der Waals surface area (Å²) in [5.41, 5.74) is 2.59. The number of esters is 1. The van der Waals surface area contributed by atoms with Crippen LogP contribution in [-0.2, 0) is 19.6 Å². The van der Waals surface area contributed by atoms with Gasteiger partial charge in [0.25, 0.3) is 0 Å². The van der Waals surface area contributed by atoms with Crippen LogP contribution in [0.5, 0.6) is 0 Å². The van der Waals surface area contributed by atoms with Gasteiger partial charge in [-0.2, -0.15) is 0 Å². The van der Waals surface area contributed by atoms with E-state index >= 15 is 0 Å². The average Bonchev–Trinajstić information content (AvgIpc) is 2.91. The number of hydrogen-bond donors (Lipinski definition) is 1. The van der Waals surface area contributed by atoms with Gasteiger partial charge in [0.15, 0.2) is 6.61 Å². The molecule has 0 aliphatic rings. The third-order valence-corrected chi connectivity index (χ3v) is 4.92. The van der Waals surface area contributed by atoms with Gasteiger partial charge < -0.3 is 9.30 Å². The molecule has 27 heavy (non-hydrogen) atoms. The van der Waals surface area contributed by atoms with E-state index in [1.54, 1.807) is 31.2 Å². The first-order valence-electron chi connectivity index (χ1n) is 8.33. The first-order chi connectivity index (χ1) is 12.6. The SMILES string of the molecule is CC/C=C/C(=O)OCC(=O)c1cc(C)n(-c2ccc(S(N)(=O)=O)cc2)c1C. The maximum atomic E-state index is 12.4. The minimum absolute atomic E-state index is 0.0112. The Bertz CT molecular complexity index is 986. The number of ketones is 1. The minimum atomic E-state index is -3.77. The summed E-state index contributed by atoms with van der Waals surface area (Å²) in [6.07, 6.45) is 3.65. The smallest absolute Gasteiger partial charge is 0.330 e. The monoisotopic (exact) mass is 390 g/mol. The summed E-state index contributed by atoms with van der Waals surface area (Å²) >= 11 is 0. The fraction of sp³-hybridized carbons (Fsp3) is 0.263. The van der Waals surface area contributed by atoms with Gasteiger partial charge in [-0.25, -0.2) is 18.4 Å². The van der Waals surface area contributed by atoms with Crippen LogP contribution in [0.3, 0.4) is 0 Å². The molecule has 2 rings (SSSR count). The van der Waals surface area contributed by atoms with Crippen LogP contribution in [0.4, 0.5) is 0 Å². The van der Waals surface area contributed by atoms with Gasteiger partial charge >= 0.3 is 5.97 Å². The lowest BCUT2D eigenvalue weighted by molar-refractivity contribution is -0.136. The second kappa shape index (κ2) is 8.32. The molecule has 1 aromatic carbocycles. The molecule has 7 nitrogen and oxygen atoms in total. The molecule has 2 N–H and O–H groups in total. The molecule has 8 heteroatoms. The normalized spacial score (nSPS) is 11.7. The van der Waals surface area contributed by atoms with Gasteiger partial charge in [0.05, 0.1) is 4.90 Å². The first kappa shape index (κ1) is 20.6. The number of nitrogens with zero attached hydrogens (tertiary/aromatic N) is 1. The highest BCUT2D eigenvalue weighted by molar-refractivity contribution is 7.89. The van der Waals surface area contributed by atoms with Crippen LogP contribution in [0.15, 0.2) is 47.4 Å². The summed E-state index contributed by atoms with van der Waals surface area (Å²) in [4.78, 5) is 23.9. The van der Waals surface area contributed by atoms with E-state index in [0.29, 0.717) is 23.4 Å². The van der Waals surface area contributed by atoms with Gasteiger partial charge in [0, 0.05) is 28.7 Å². The second-order valence-electron chi connectivity index (χ2n) is 6.00. The average molecular weight is 390 g/mol. The van der Waals surface area contributed by atoms with Gasteiger partial charge in [-0.05, 0) is 50.6 Å². The third kappa shape index (κ3) is 4.93. The second-order valence-corrected chi connectivity index (χ2v) is 7.56. The highest BCUT2D eigenvalue weighted by Crippen LogP contribution is 2.22. The molecule has 0 atom stereocenters. The molecule has 0 fully saturated rings. The van der Waals surface area contributed by atoms with E-state index in [9.17, 15) is 18.0 Å². The lowest BCUT2D eigenvalue weighted by Crippen LogP contribution is -2.13. The minimum Gasteiger partial charge on any atom is -0.454 e. The molecular formula is C19H22N2O5S. The Labute approximate surface area is 158 Å². The highest BCUT2D eigenvalue weighted by atomic mass is 32.2. The molecule has 0 saturated carbocycles. The number of hydrogen-bond acceptors (Lipinski definition) is 5. The number of nitrogens with two attached hydrogens (primary N) is 1. The molecule has 144 valence electrons. The zero-order valence-electron chi connectivity index (χ0n) is 15.4. The Morgan fingerprint density at radius 3 is 2.37 bits per heavy atom. The van der Waals surface area contributed by atoms with Crippen LogP contribution < -0.4 is 5.14 Å². The number of primary sulfonamides is 1. The summed E-state index contributed by atoms with van der Waals surface area (Å²) in [6, 6.07) is 7.76. The zero-order chi connectivity index (χ0) is 20.2. The number of aryl methyl sites for hydroxylation is 1. The molecule has 2 aromatic rings. The van der Waals surface area contributed by atoms with E-state index in [4.69, 9.17) is 9.88 Å². The molecule has 0 aliphatic carbocycles. The van der Waals surface area contributed by atoms with Crippen molar-refractivity contribution >= 4 is 21.8 Å². The number of carbonyl (C=O) groups excluding carboxylic acids is 2. The summed E-state index contributed by atoms with van der Waals surface area (Å²) in [7, 11) is -3.77. The van der Waals surface area contributed by atoms with Gasteiger partial charge in [-0.1, -0.05) is 13.0 Å². The molecule has 0 radical (unpaired) electrons. The van der Waals surface area contributed by atoms with Crippen molar-refractivity contribution < 1.29 is 22.7 Å². The summed E-state index contributed by atoms with van der Waals surface area (Å²) in [6.45, 7) is 5.14. The van der Waals surface area contributed by atoms with Crippen molar-refractivity contribution in [1.29, 1.82) is 0 Å². The van der Waals surface area contributed by atoms with Gasteiger partial charge in [0.2, 0.25) is 15.8 Å². The Hall–Kier alpha value is -2.71. The Morgan fingerprint density at radius 1 is 1.19 bits per heavy atom. The maximum Gasteiger partial charge on any atom is 0.330 e. The Morgan fingerprint density at radius 2 is 1.81 bits per heavy atom. The number of sulfonamides is 1. The van der Waals surface area contributed by atoms with E-state index in [-0.39, 0.29) is 17.3 Å².